The van der Waals surface area contributed by atoms with E-state index in [-0.39, 0.29) is 18.3 Å². The molecule has 0 unspecified atom stereocenters. The second-order valence-corrected chi connectivity index (χ2v) is 3.99. The van der Waals surface area contributed by atoms with Crippen LogP contribution in [0.1, 0.15) is 40.0 Å². The Bertz CT molecular complexity index is 211. The zero-order valence-corrected chi connectivity index (χ0v) is 9.03. The summed E-state index contributed by atoms with van der Waals surface area (Å²) >= 11 is 0. The molecule has 14 heavy (non-hydrogen) atoms. The number of hydrogen-bond donors (Lipinski definition) is 2. The van der Waals surface area contributed by atoms with Crippen molar-refractivity contribution < 1.29 is 15.1 Å². The van der Waals surface area contributed by atoms with E-state index in [1.54, 1.807) is 0 Å². The molecule has 0 rings (SSSR count). The van der Waals surface area contributed by atoms with Crippen LogP contribution in [0.3, 0.4) is 0 Å². The van der Waals surface area contributed by atoms with Gasteiger partial charge in [-0.1, -0.05) is 25.9 Å². The van der Waals surface area contributed by atoms with Gasteiger partial charge < -0.3 is 10.3 Å². The maximum atomic E-state index is 10.4. The van der Waals surface area contributed by atoms with Gasteiger partial charge in [0.25, 0.3) is 0 Å². The SMILES string of the molecule is CC(C)/C(CC[C@H](C)CC(=O)O)=N\O. The van der Waals surface area contributed by atoms with E-state index in [0.717, 1.165) is 12.1 Å². The van der Waals surface area contributed by atoms with Gasteiger partial charge in [0.1, 0.15) is 0 Å². The van der Waals surface area contributed by atoms with Crippen LogP contribution in [0.15, 0.2) is 5.16 Å². The zero-order chi connectivity index (χ0) is 11.1. The molecule has 82 valence electrons. The predicted octanol–water partition coefficient (Wildman–Crippen LogP) is 2.36. The number of rotatable bonds is 6. The molecule has 0 aliphatic rings. The first kappa shape index (κ1) is 12.9. The van der Waals surface area contributed by atoms with Crippen LogP contribution in [-0.4, -0.2) is 22.0 Å². The molecule has 0 aromatic heterocycles. The van der Waals surface area contributed by atoms with E-state index in [1.165, 1.54) is 0 Å². The van der Waals surface area contributed by atoms with Crippen LogP contribution in [0.4, 0.5) is 0 Å². The van der Waals surface area contributed by atoms with Crippen LogP contribution >= 0.6 is 0 Å². The van der Waals surface area contributed by atoms with E-state index in [2.05, 4.69) is 5.16 Å². The Morgan fingerprint density at radius 2 is 1.93 bits per heavy atom. The van der Waals surface area contributed by atoms with Crippen molar-refractivity contribution in [1.29, 1.82) is 0 Å². The van der Waals surface area contributed by atoms with Gasteiger partial charge in [0.05, 0.1) is 5.71 Å². The first-order valence-corrected chi connectivity index (χ1v) is 4.90. The molecule has 1 atom stereocenters. The summed E-state index contributed by atoms with van der Waals surface area (Å²) in [6.45, 7) is 5.80. The van der Waals surface area contributed by atoms with Gasteiger partial charge in [-0.15, -0.1) is 0 Å². The molecule has 0 aliphatic carbocycles. The van der Waals surface area contributed by atoms with E-state index >= 15 is 0 Å². The Morgan fingerprint density at radius 3 is 2.29 bits per heavy atom. The highest BCUT2D eigenvalue weighted by molar-refractivity contribution is 5.85. The molecule has 0 aromatic carbocycles. The highest BCUT2D eigenvalue weighted by Gasteiger charge is 2.11. The number of hydrogen-bond acceptors (Lipinski definition) is 3. The average molecular weight is 201 g/mol. The van der Waals surface area contributed by atoms with Gasteiger partial charge in [-0.05, 0) is 24.7 Å². The first-order chi connectivity index (χ1) is 6.47. The summed E-state index contributed by atoms with van der Waals surface area (Å²) in [6, 6.07) is 0. The van der Waals surface area contributed by atoms with Crippen LogP contribution in [0.5, 0.6) is 0 Å². The summed E-state index contributed by atoms with van der Waals surface area (Å²) in [5.74, 6) is -0.426. The Balaban J connectivity index is 3.86. The Kier molecular flexibility index (Phi) is 5.92. The van der Waals surface area contributed by atoms with E-state index in [9.17, 15) is 4.79 Å². The normalized spacial score (nSPS) is 14.4. The van der Waals surface area contributed by atoms with Crippen LogP contribution in [0.25, 0.3) is 0 Å². The molecule has 0 saturated carbocycles. The predicted molar refractivity (Wildman–Crippen MR) is 54.7 cm³/mol. The highest BCUT2D eigenvalue weighted by Crippen LogP contribution is 2.13. The lowest BCUT2D eigenvalue weighted by Crippen LogP contribution is -2.11. The minimum atomic E-state index is -0.774. The van der Waals surface area contributed by atoms with Crippen molar-refractivity contribution in [1.82, 2.24) is 0 Å². The third-order valence-electron chi connectivity index (χ3n) is 2.21. The number of carbonyl (C=O) groups is 1. The topological polar surface area (TPSA) is 69.9 Å². The summed E-state index contributed by atoms with van der Waals surface area (Å²) in [7, 11) is 0. The lowest BCUT2D eigenvalue weighted by atomic mass is 9.96. The van der Waals surface area contributed by atoms with Crippen LogP contribution in [0.2, 0.25) is 0 Å². The second-order valence-electron chi connectivity index (χ2n) is 3.99. The van der Waals surface area contributed by atoms with Crippen molar-refractivity contribution in [3.8, 4) is 0 Å². The standard InChI is InChI=1S/C10H19NO3/c1-7(2)9(11-14)5-4-8(3)6-10(12)13/h7-8,14H,4-6H2,1-3H3,(H,12,13)/b11-9-/t8-/m0/s1. The summed E-state index contributed by atoms with van der Waals surface area (Å²) < 4.78 is 0. The smallest absolute Gasteiger partial charge is 0.303 e. The monoisotopic (exact) mass is 201 g/mol. The lowest BCUT2D eigenvalue weighted by molar-refractivity contribution is -0.138. The number of aliphatic carboxylic acids is 1. The average Bonchev–Trinajstić information content (AvgIpc) is 2.03. The fourth-order valence-corrected chi connectivity index (χ4v) is 1.25. The maximum absolute atomic E-state index is 10.4. The van der Waals surface area contributed by atoms with Gasteiger partial charge in [-0.2, -0.15) is 0 Å². The Hall–Kier alpha value is -1.06. The third-order valence-corrected chi connectivity index (χ3v) is 2.21. The number of carboxylic acid groups (broad SMARTS) is 1. The van der Waals surface area contributed by atoms with Gasteiger partial charge in [0.2, 0.25) is 0 Å². The largest absolute Gasteiger partial charge is 0.481 e. The van der Waals surface area contributed by atoms with Crippen LogP contribution < -0.4 is 0 Å². The van der Waals surface area contributed by atoms with Crippen molar-refractivity contribution >= 4 is 11.7 Å². The number of carboxylic acids is 1. The van der Waals surface area contributed by atoms with Crippen molar-refractivity contribution in [2.45, 2.75) is 40.0 Å². The number of nitrogens with zero attached hydrogens (tertiary/aromatic N) is 1. The molecule has 0 heterocycles. The molecule has 0 spiro atoms. The molecule has 0 bridgehead atoms. The zero-order valence-electron chi connectivity index (χ0n) is 9.03. The molecule has 4 heteroatoms. The molecule has 0 aliphatic heterocycles. The third kappa shape index (κ3) is 5.56. The van der Waals surface area contributed by atoms with Gasteiger partial charge in [0, 0.05) is 6.42 Å². The van der Waals surface area contributed by atoms with Gasteiger partial charge in [0.15, 0.2) is 0 Å². The van der Waals surface area contributed by atoms with Crippen LogP contribution in [0, 0.1) is 11.8 Å². The van der Waals surface area contributed by atoms with Crippen molar-refractivity contribution in [2.24, 2.45) is 17.0 Å². The molecule has 4 nitrogen and oxygen atoms in total. The molecule has 0 radical (unpaired) electrons. The van der Waals surface area contributed by atoms with Crippen molar-refractivity contribution in [2.75, 3.05) is 0 Å². The quantitative estimate of drug-likeness (QED) is 0.393. The first-order valence-electron chi connectivity index (χ1n) is 4.90. The number of oxime groups is 1. The molecule has 0 aromatic rings. The summed E-state index contributed by atoms with van der Waals surface area (Å²) in [6.07, 6.45) is 1.60. The summed E-state index contributed by atoms with van der Waals surface area (Å²) in [5.41, 5.74) is 0.738. The minimum absolute atomic E-state index is 0.128. The Morgan fingerprint density at radius 1 is 1.36 bits per heavy atom. The van der Waals surface area contributed by atoms with E-state index in [1.807, 2.05) is 20.8 Å². The van der Waals surface area contributed by atoms with E-state index in [4.69, 9.17) is 10.3 Å². The molecular formula is C10H19NO3. The summed E-state index contributed by atoms with van der Waals surface area (Å²) in [5, 5.41) is 20.4. The fraction of sp³-hybridized carbons (Fsp3) is 0.800. The fourth-order valence-electron chi connectivity index (χ4n) is 1.25. The molecular weight excluding hydrogens is 182 g/mol. The molecule has 0 fully saturated rings. The Labute approximate surface area is 84.6 Å². The van der Waals surface area contributed by atoms with Gasteiger partial charge in [-0.25, -0.2) is 0 Å². The van der Waals surface area contributed by atoms with Gasteiger partial charge >= 0.3 is 5.97 Å². The van der Waals surface area contributed by atoms with Crippen molar-refractivity contribution in [3.63, 3.8) is 0 Å². The molecule has 2 N–H and O–H groups in total. The minimum Gasteiger partial charge on any atom is -0.481 e. The highest BCUT2D eigenvalue weighted by atomic mass is 16.4. The van der Waals surface area contributed by atoms with E-state index in [0.29, 0.717) is 6.42 Å². The van der Waals surface area contributed by atoms with Gasteiger partial charge in [-0.3, -0.25) is 4.79 Å². The van der Waals surface area contributed by atoms with E-state index < -0.39 is 5.97 Å². The second kappa shape index (κ2) is 6.40. The lowest BCUT2D eigenvalue weighted by Gasteiger charge is -2.11. The maximum Gasteiger partial charge on any atom is 0.303 e. The van der Waals surface area contributed by atoms with Crippen LogP contribution in [-0.2, 0) is 4.79 Å². The molecule has 0 saturated heterocycles. The van der Waals surface area contributed by atoms with Crippen molar-refractivity contribution in [3.05, 3.63) is 0 Å². The summed E-state index contributed by atoms with van der Waals surface area (Å²) in [4.78, 5) is 10.4. The molecule has 0 amide bonds.